The predicted octanol–water partition coefficient (Wildman–Crippen LogP) is 24.2. The van der Waals surface area contributed by atoms with E-state index < -0.39 is 8.60 Å². The molecule has 4 aliphatic carbocycles. The third kappa shape index (κ3) is 40.6. The van der Waals surface area contributed by atoms with E-state index >= 15 is 0 Å². The van der Waals surface area contributed by atoms with Crippen molar-refractivity contribution in [3.8, 4) is 0 Å². The Morgan fingerprint density at radius 1 is 0.315 bits per heavy atom. The highest BCUT2D eigenvalue weighted by Gasteiger charge is 2.35. The van der Waals surface area contributed by atoms with E-state index in [1.165, 1.54) is 65.8 Å². The Kier molecular flexibility index (Phi) is 58.0. The maximum absolute atomic E-state index is 5.14. The van der Waals surface area contributed by atoms with Crippen LogP contribution in [0.25, 0.3) is 0 Å². The molecule has 73 heavy (non-hydrogen) atoms. The molecule has 12 heteroatoms. The lowest BCUT2D eigenvalue weighted by Gasteiger charge is -2.42. The highest BCUT2D eigenvalue weighted by Crippen LogP contribution is 2.62. The first-order valence-electron chi connectivity index (χ1n) is 31.5. The lowest BCUT2D eigenvalue weighted by Crippen LogP contribution is -2.26. The zero-order chi connectivity index (χ0) is 55.4. The van der Waals surface area contributed by atoms with Gasteiger partial charge in [0, 0.05) is 0 Å². The maximum Gasteiger partial charge on any atom is 0.332 e. The molecule has 0 unspecified atom stereocenters. The van der Waals surface area contributed by atoms with Crippen LogP contribution in [0.4, 0.5) is 0 Å². The molecule has 0 atom stereocenters. The summed E-state index contributed by atoms with van der Waals surface area (Å²) in [6.45, 7) is 47.5. The highest BCUT2D eigenvalue weighted by molar-refractivity contribution is 8.28. The Labute approximate surface area is 475 Å². The molecular formula is C61H135O3P9. The van der Waals surface area contributed by atoms with E-state index in [0.717, 1.165) is 17.0 Å². The number of hydrogen-bond donors (Lipinski definition) is 0. The number of rotatable bonds is 27. The van der Waals surface area contributed by atoms with Gasteiger partial charge in [-0.2, -0.15) is 0 Å². The first-order chi connectivity index (χ1) is 35.0. The van der Waals surface area contributed by atoms with Gasteiger partial charge in [-0.15, -0.1) is 23.8 Å². The average molecular weight is 1200 g/mol. The van der Waals surface area contributed by atoms with Crippen LogP contribution in [0.2, 0.25) is 0 Å². The molecule has 4 aliphatic rings. The monoisotopic (exact) mass is 1190 g/mol. The van der Waals surface area contributed by atoms with Crippen molar-refractivity contribution >= 4 is 71.4 Å². The minimum absolute atomic E-state index is 0.262. The molecule has 4 fully saturated rings. The van der Waals surface area contributed by atoms with Crippen molar-refractivity contribution in [3.63, 3.8) is 0 Å². The first-order valence-corrected chi connectivity index (χ1v) is 48.3. The number of hydrogen-bond acceptors (Lipinski definition) is 3. The van der Waals surface area contributed by atoms with Crippen LogP contribution >= 0.6 is 71.4 Å². The summed E-state index contributed by atoms with van der Waals surface area (Å²) in [6.07, 6.45) is 48.2. The summed E-state index contributed by atoms with van der Waals surface area (Å²) in [4.78, 5) is 0. The van der Waals surface area contributed by atoms with Gasteiger partial charge in [-0.3, -0.25) is 0 Å². The Hall–Kier alpha value is 3.75. The van der Waals surface area contributed by atoms with Crippen molar-refractivity contribution < 1.29 is 13.6 Å². The Bertz CT molecular complexity index is 968. The maximum atomic E-state index is 5.14. The molecule has 0 amide bonds. The SMILES string of the molecule is C1CCC(P(CCP(C2CCCCC2)C2CCCCC2)C2CCCCC2)CC1.CC(C)P(C(C)C)C(C)C.CCOP(OCC)OCC.CCP(CC)CC.CCP(CC)CCP(CC)CC.CP(C)P(C)C. The molecule has 4 saturated carbocycles. The molecular weight excluding hydrogens is 1060 g/mol. The van der Waals surface area contributed by atoms with Gasteiger partial charge in [0.05, 0.1) is 19.8 Å². The van der Waals surface area contributed by atoms with E-state index in [1.807, 2.05) is 20.8 Å². The summed E-state index contributed by atoms with van der Waals surface area (Å²) in [5, 5.41) is 0. The second kappa shape index (κ2) is 53.7. The van der Waals surface area contributed by atoms with Crippen LogP contribution < -0.4 is 0 Å². The topological polar surface area (TPSA) is 27.7 Å². The highest BCUT2D eigenvalue weighted by atomic mass is 32.1. The first kappa shape index (κ1) is 78.8. The van der Waals surface area contributed by atoms with Crippen LogP contribution in [0.5, 0.6) is 0 Å². The minimum atomic E-state index is -1.06. The largest absolute Gasteiger partial charge is 0.332 e. The lowest BCUT2D eigenvalue weighted by atomic mass is 9.99. The van der Waals surface area contributed by atoms with Crippen LogP contribution in [-0.2, 0) is 13.6 Å². The summed E-state index contributed by atoms with van der Waals surface area (Å²) in [6, 6.07) is 0. The van der Waals surface area contributed by atoms with Gasteiger partial charge in [0.15, 0.2) is 0 Å². The van der Waals surface area contributed by atoms with E-state index in [0.29, 0.717) is 74.6 Å². The Morgan fingerprint density at radius 3 is 0.671 bits per heavy atom. The second-order valence-corrected chi connectivity index (χ2v) is 50.8. The van der Waals surface area contributed by atoms with Crippen molar-refractivity contribution in [1.29, 1.82) is 0 Å². The third-order valence-electron chi connectivity index (χ3n) is 15.9. The average Bonchev–Trinajstić information content (AvgIpc) is 3.39. The standard InChI is InChI=1S/C26H48P2.C10H24P2.C9H21P.C6H15O3P.C6H15P.C4H12P2/c1-5-13-23(14-6-1)27(24-15-7-2-8-16-24)21-22-28(25-17-9-3-10-18-25)26-19-11-4-12-20-26;1-5-11(6-2)9-10-12(7-3)8-4;1-7(2)10(8(3)4)9(5)6;1-4-7-10(8-5-2)9-6-3;1-4-7(5-2)6-3;1-5(2)6(3)4/h23-26H,1-22H2;5-10H2,1-4H3;7-9H,1-6H3;4-6H2,1-3H3;4-6H2,1-3H3;1-4H3. The van der Waals surface area contributed by atoms with E-state index in [2.05, 4.69) is 117 Å². The van der Waals surface area contributed by atoms with Crippen LogP contribution in [0.15, 0.2) is 0 Å². The molecule has 442 valence electrons. The van der Waals surface area contributed by atoms with E-state index in [4.69, 9.17) is 13.6 Å². The molecule has 0 heterocycles. The van der Waals surface area contributed by atoms with Crippen molar-refractivity contribution in [2.45, 2.75) is 279 Å². The lowest BCUT2D eigenvalue weighted by molar-refractivity contribution is 0.176. The minimum Gasteiger partial charge on any atom is -0.313 e. The van der Waals surface area contributed by atoms with Gasteiger partial charge in [-0.05, 0) is 206 Å². The molecule has 0 aromatic carbocycles. The fraction of sp³-hybridized carbons (Fsp3) is 1.00. The van der Waals surface area contributed by atoms with Gasteiger partial charge in [0.1, 0.15) is 0 Å². The van der Waals surface area contributed by atoms with Crippen molar-refractivity contribution in [2.24, 2.45) is 0 Å². The van der Waals surface area contributed by atoms with Gasteiger partial charge in [0.2, 0.25) is 0 Å². The smallest absolute Gasteiger partial charge is 0.313 e. The van der Waals surface area contributed by atoms with Crippen LogP contribution in [0.1, 0.15) is 239 Å². The van der Waals surface area contributed by atoms with Crippen molar-refractivity contribution in [1.82, 2.24) is 0 Å². The molecule has 4 rings (SSSR count). The molecule has 0 aliphatic heterocycles. The van der Waals surface area contributed by atoms with Crippen LogP contribution in [-0.4, -0.2) is 154 Å². The normalized spacial score (nSPS) is 17.6. The van der Waals surface area contributed by atoms with Crippen molar-refractivity contribution in [2.75, 3.05) is 114 Å². The van der Waals surface area contributed by atoms with Gasteiger partial charge in [-0.1, -0.05) is 206 Å². The Morgan fingerprint density at radius 2 is 0.534 bits per heavy atom. The fourth-order valence-corrected chi connectivity index (χ4v) is 30.3. The quantitative estimate of drug-likeness (QED) is 0.0767. The van der Waals surface area contributed by atoms with E-state index in [9.17, 15) is 0 Å². The molecule has 0 aromatic heterocycles. The molecule has 3 nitrogen and oxygen atoms in total. The van der Waals surface area contributed by atoms with Gasteiger partial charge >= 0.3 is 8.60 Å². The van der Waals surface area contributed by atoms with Gasteiger partial charge in [0.25, 0.3) is 0 Å². The van der Waals surface area contributed by atoms with E-state index in [-0.39, 0.29) is 7.92 Å². The molecule has 0 bridgehead atoms. The fourth-order valence-electron chi connectivity index (χ4n) is 11.5. The molecule has 0 spiro atoms. The second-order valence-electron chi connectivity index (χ2n) is 22.2. The molecule has 0 aromatic rings. The predicted molar refractivity (Wildman–Crippen MR) is 367 cm³/mol. The Balaban J connectivity index is 0. The molecule has 0 saturated heterocycles. The zero-order valence-corrected chi connectivity index (χ0v) is 61.4. The van der Waals surface area contributed by atoms with Crippen LogP contribution in [0.3, 0.4) is 0 Å². The van der Waals surface area contributed by atoms with Gasteiger partial charge in [-0.25, -0.2) is 0 Å². The summed E-state index contributed by atoms with van der Waals surface area (Å²) >= 11 is 0. The third-order valence-corrected chi connectivity index (χ3v) is 43.3. The van der Waals surface area contributed by atoms with Crippen LogP contribution in [0, 0.1) is 0 Å². The zero-order valence-electron chi connectivity index (χ0n) is 53.3. The van der Waals surface area contributed by atoms with Crippen molar-refractivity contribution in [3.05, 3.63) is 0 Å². The summed E-state index contributed by atoms with van der Waals surface area (Å²) in [5.74, 6) is 0. The summed E-state index contributed by atoms with van der Waals surface area (Å²) in [5.41, 5.74) is 7.42. The molecule has 0 N–H and O–H groups in total. The summed E-state index contributed by atoms with van der Waals surface area (Å²) < 4.78 is 15.4. The van der Waals surface area contributed by atoms with Gasteiger partial charge < -0.3 is 13.6 Å². The summed E-state index contributed by atoms with van der Waals surface area (Å²) in [7, 11) is 1.98. The van der Waals surface area contributed by atoms with E-state index in [1.54, 1.807) is 153 Å². The molecule has 0 radical (unpaired) electrons.